The van der Waals surface area contributed by atoms with Gasteiger partial charge in [0.2, 0.25) is 0 Å². The summed E-state index contributed by atoms with van der Waals surface area (Å²) in [4.78, 5) is 0. The fourth-order valence-electron chi connectivity index (χ4n) is 2.57. The lowest BCUT2D eigenvalue weighted by Gasteiger charge is -2.30. The summed E-state index contributed by atoms with van der Waals surface area (Å²) in [6.45, 7) is 1.90. The van der Waals surface area contributed by atoms with Crippen molar-refractivity contribution >= 4 is 11.6 Å². The van der Waals surface area contributed by atoms with E-state index < -0.39 is 6.10 Å². The highest BCUT2D eigenvalue weighted by atomic mass is 35.5. The Morgan fingerprint density at radius 1 is 1.20 bits per heavy atom. The molecule has 0 saturated heterocycles. The number of hydrogen-bond donors (Lipinski definition) is 1. The van der Waals surface area contributed by atoms with Crippen LogP contribution < -0.4 is 4.74 Å². The fourth-order valence-corrected chi connectivity index (χ4v) is 2.75. The molecule has 1 aliphatic rings. The summed E-state index contributed by atoms with van der Waals surface area (Å²) in [5.74, 6) is 0.299. The minimum Gasteiger partial charge on any atom is -0.485 e. The van der Waals surface area contributed by atoms with E-state index in [1.807, 2.05) is 6.92 Å². The molecule has 2 nitrogen and oxygen atoms in total. The van der Waals surface area contributed by atoms with Crippen LogP contribution in [0.4, 0.5) is 4.39 Å². The number of halogens is 2. The molecular weight excluding hydrogens is 279 g/mol. The number of ether oxygens (including phenoxy) is 1. The van der Waals surface area contributed by atoms with Gasteiger partial charge in [-0.15, -0.1) is 0 Å². The van der Waals surface area contributed by atoms with Gasteiger partial charge in [0, 0.05) is 17.0 Å². The van der Waals surface area contributed by atoms with E-state index >= 15 is 0 Å². The van der Waals surface area contributed by atoms with Crippen LogP contribution in [0.3, 0.4) is 0 Å². The van der Waals surface area contributed by atoms with Gasteiger partial charge in [-0.3, -0.25) is 0 Å². The Labute approximate surface area is 121 Å². The first-order valence-corrected chi connectivity index (χ1v) is 6.82. The average molecular weight is 293 g/mol. The van der Waals surface area contributed by atoms with Gasteiger partial charge in [0.25, 0.3) is 0 Å². The fraction of sp³-hybridized carbons (Fsp3) is 0.250. The maximum atomic E-state index is 13.4. The highest BCUT2D eigenvalue weighted by Gasteiger charge is 2.29. The first-order valence-electron chi connectivity index (χ1n) is 6.45. The molecule has 0 aromatic heterocycles. The standard InChI is InChI=1S/C16H14ClFO2/c1-9-2-4-11(18)7-12(9)16-8-14(19)13-6-10(17)3-5-15(13)20-16/h2-7,14,16,19H,8H2,1H3. The Hall–Kier alpha value is -1.58. The summed E-state index contributed by atoms with van der Waals surface area (Å²) >= 11 is 5.93. The van der Waals surface area contributed by atoms with Gasteiger partial charge in [0.1, 0.15) is 17.7 Å². The molecule has 2 unspecified atom stereocenters. The zero-order valence-corrected chi connectivity index (χ0v) is 11.7. The molecule has 1 N–H and O–H groups in total. The van der Waals surface area contributed by atoms with Gasteiger partial charge in [0.05, 0.1) is 6.10 Å². The molecule has 0 spiro atoms. The first-order chi connectivity index (χ1) is 9.54. The molecule has 2 aromatic carbocycles. The zero-order valence-electron chi connectivity index (χ0n) is 10.9. The molecule has 1 aliphatic heterocycles. The number of aliphatic hydroxyl groups excluding tert-OH is 1. The highest BCUT2D eigenvalue weighted by Crippen LogP contribution is 2.42. The first kappa shape index (κ1) is 13.4. The van der Waals surface area contributed by atoms with Crippen molar-refractivity contribution in [2.45, 2.75) is 25.6 Å². The van der Waals surface area contributed by atoms with E-state index in [2.05, 4.69) is 0 Å². The van der Waals surface area contributed by atoms with E-state index in [4.69, 9.17) is 16.3 Å². The Balaban J connectivity index is 1.99. The van der Waals surface area contributed by atoms with Crippen molar-refractivity contribution < 1.29 is 14.2 Å². The molecule has 0 saturated carbocycles. The third kappa shape index (κ3) is 2.39. The largest absolute Gasteiger partial charge is 0.485 e. The molecule has 2 atom stereocenters. The molecule has 0 aliphatic carbocycles. The van der Waals surface area contributed by atoms with Crippen LogP contribution in [-0.4, -0.2) is 5.11 Å². The number of hydrogen-bond acceptors (Lipinski definition) is 2. The van der Waals surface area contributed by atoms with Crippen molar-refractivity contribution in [3.63, 3.8) is 0 Å². The van der Waals surface area contributed by atoms with Crippen molar-refractivity contribution in [2.24, 2.45) is 0 Å². The minimum atomic E-state index is -0.662. The van der Waals surface area contributed by atoms with Crippen molar-refractivity contribution in [2.75, 3.05) is 0 Å². The summed E-state index contributed by atoms with van der Waals surface area (Å²) in [6.07, 6.45) is -0.628. The van der Waals surface area contributed by atoms with Gasteiger partial charge in [-0.2, -0.15) is 0 Å². The highest BCUT2D eigenvalue weighted by molar-refractivity contribution is 6.30. The quantitative estimate of drug-likeness (QED) is 0.847. The zero-order chi connectivity index (χ0) is 14.3. The van der Waals surface area contributed by atoms with Crippen LogP contribution in [0.15, 0.2) is 36.4 Å². The van der Waals surface area contributed by atoms with Crippen LogP contribution >= 0.6 is 11.6 Å². The smallest absolute Gasteiger partial charge is 0.127 e. The summed E-state index contributed by atoms with van der Waals surface area (Å²) in [6, 6.07) is 9.77. The van der Waals surface area contributed by atoms with Gasteiger partial charge >= 0.3 is 0 Å². The molecule has 2 aromatic rings. The topological polar surface area (TPSA) is 29.5 Å². The Morgan fingerprint density at radius 3 is 2.80 bits per heavy atom. The lowest BCUT2D eigenvalue weighted by molar-refractivity contribution is 0.0653. The van der Waals surface area contributed by atoms with Crippen LogP contribution in [-0.2, 0) is 0 Å². The summed E-state index contributed by atoms with van der Waals surface area (Å²) in [7, 11) is 0. The number of aryl methyl sites for hydroxylation is 1. The Morgan fingerprint density at radius 2 is 2.00 bits per heavy atom. The molecule has 1 heterocycles. The maximum Gasteiger partial charge on any atom is 0.127 e. The Bertz CT molecular complexity index is 657. The van der Waals surface area contributed by atoms with E-state index in [0.29, 0.717) is 22.8 Å². The summed E-state index contributed by atoms with van der Waals surface area (Å²) in [5.41, 5.74) is 2.40. The number of rotatable bonds is 1. The number of benzene rings is 2. The molecule has 0 bridgehead atoms. The number of aliphatic hydroxyl groups is 1. The van der Waals surface area contributed by atoms with E-state index in [1.165, 1.54) is 12.1 Å². The van der Waals surface area contributed by atoms with E-state index in [1.54, 1.807) is 24.3 Å². The molecule has 3 rings (SSSR count). The van der Waals surface area contributed by atoms with Crippen LogP contribution in [0, 0.1) is 12.7 Å². The summed E-state index contributed by atoms with van der Waals surface area (Å²) in [5, 5.41) is 10.8. The van der Waals surface area contributed by atoms with Gasteiger partial charge < -0.3 is 9.84 Å². The second kappa shape index (κ2) is 5.08. The second-order valence-electron chi connectivity index (χ2n) is 5.04. The van der Waals surface area contributed by atoms with Crippen molar-refractivity contribution in [1.82, 2.24) is 0 Å². The molecule has 4 heteroatoms. The predicted molar refractivity (Wildman–Crippen MR) is 75.5 cm³/mol. The van der Waals surface area contributed by atoms with Crippen molar-refractivity contribution in [1.29, 1.82) is 0 Å². The van der Waals surface area contributed by atoms with Crippen molar-refractivity contribution in [3.05, 3.63) is 63.9 Å². The SMILES string of the molecule is Cc1ccc(F)cc1C1CC(O)c2cc(Cl)ccc2O1. The van der Waals surface area contributed by atoms with E-state index in [0.717, 1.165) is 11.1 Å². The Kier molecular flexibility index (Phi) is 3.40. The third-order valence-electron chi connectivity index (χ3n) is 3.63. The van der Waals surface area contributed by atoms with Gasteiger partial charge in [-0.1, -0.05) is 17.7 Å². The van der Waals surface area contributed by atoms with Gasteiger partial charge in [-0.25, -0.2) is 4.39 Å². The molecule has 0 fully saturated rings. The second-order valence-corrected chi connectivity index (χ2v) is 5.48. The van der Waals surface area contributed by atoms with E-state index in [-0.39, 0.29) is 11.9 Å². The summed E-state index contributed by atoms with van der Waals surface area (Å²) < 4.78 is 19.3. The lowest BCUT2D eigenvalue weighted by Crippen LogP contribution is -2.19. The normalized spacial score (nSPS) is 21.2. The lowest BCUT2D eigenvalue weighted by atomic mass is 9.93. The molecule has 104 valence electrons. The van der Waals surface area contributed by atoms with Crippen LogP contribution in [0.2, 0.25) is 5.02 Å². The molecule has 20 heavy (non-hydrogen) atoms. The third-order valence-corrected chi connectivity index (χ3v) is 3.86. The molecule has 0 radical (unpaired) electrons. The van der Waals surface area contributed by atoms with E-state index in [9.17, 15) is 9.50 Å². The number of fused-ring (bicyclic) bond motifs is 1. The van der Waals surface area contributed by atoms with Gasteiger partial charge in [0.15, 0.2) is 0 Å². The molecule has 0 amide bonds. The van der Waals surface area contributed by atoms with Gasteiger partial charge in [-0.05, 0) is 48.4 Å². The predicted octanol–water partition coefficient (Wildman–Crippen LogP) is 4.34. The average Bonchev–Trinajstić information content (AvgIpc) is 2.42. The van der Waals surface area contributed by atoms with Crippen LogP contribution in [0.5, 0.6) is 5.75 Å². The molecular formula is C16H14ClFO2. The van der Waals surface area contributed by atoms with Crippen molar-refractivity contribution in [3.8, 4) is 5.75 Å². The monoisotopic (exact) mass is 292 g/mol. The minimum absolute atomic E-state index is 0.300. The van der Waals surface area contributed by atoms with Crippen LogP contribution in [0.1, 0.15) is 35.3 Å². The maximum absolute atomic E-state index is 13.4. The van der Waals surface area contributed by atoms with Crippen LogP contribution in [0.25, 0.3) is 0 Å².